The third kappa shape index (κ3) is 8.02. The van der Waals surface area contributed by atoms with E-state index in [1.54, 1.807) is 9.80 Å². The van der Waals surface area contributed by atoms with Crippen LogP contribution in [0.5, 0.6) is 0 Å². The van der Waals surface area contributed by atoms with Crippen LogP contribution in [0.2, 0.25) is 0 Å². The monoisotopic (exact) mass is 659 g/mol. The highest BCUT2D eigenvalue weighted by Crippen LogP contribution is 2.39. The number of carboxylic acid groups (broad SMARTS) is 1. The lowest BCUT2D eigenvalue weighted by atomic mass is 10.1. The van der Waals surface area contributed by atoms with E-state index in [9.17, 15) is 26.7 Å². The number of anilines is 3. The Morgan fingerprint density at radius 1 is 1.13 bits per heavy atom. The Morgan fingerprint density at radius 2 is 1.91 bits per heavy atom. The normalized spacial score (nSPS) is 19.5. The maximum absolute atomic E-state index is 15.8. The van der Waals surface area contributed by atoms with Gasteiger partial charge in [0.05, 0.1) is 23.7 Å². The van der Waals surface area contributed by atoms with Crippen LogP contribution in [0.3, 0.4) is 0 Å². The molecule has 2 aliphatic rings. The molecule has 45 heavy (non-hydrogen) atoms. The van der Waals surface area contributed by atoms with Crippen molar-refractivity contribution in [2.24, 2.45) is 0 Å². The van der Waals surface area contributed by atoms with Crippen LogP contribution in [0.1, 0.15) is 44.1 Å². The molecule has 0 spiro atoms. The molecule has 2 saturated heterocycles. The van der Waals surface area contributed by atoms with E-state index >= 15 is 4.39 Å². The number of halogens is 6. The molecule has 0 bridgehead atoms. The first kappa shape index (κ1) is 34.4. The van der Waals surface area contributed by atoms with Crippen LogP contribution in [0.25, 0.3) is 11.3 Å². The first-order chi connectivity index (χ1) is 20.9. The zero-order valence-electron chi connectivity index (χ0n) is 23.7. The van der Waals surface area contributed by atoms with Crippen LogP contribution < -0.4 is 10.2 Å². The van der Waals surface area contributed by atoms with Gasteiger partial charge < -0.3 is 15.3 Å². The largest absolute Gasteiger partial charge is 0.481 e. The van der Waals surface area contributed by atoms with Crippen LogP contribution in [0.15, 0.2) is 24.5 Å². The predicted molar refractivity (Wildman–Crippen MR) is 159 cm³/mol. The number of likely N-dealkylation sites (tertiary alicyclic amines) is 1. The molecule has 9 nitrogen and oxygen atoms in total. The number of rotatable bonds is 10. The van der Waals surface area contributed by atoms with Gasteiger partial charge >= 0.3 is 12.1 Å². The first-order valence-electron chi connectivity index (χ1n) is 14.1. The van der Waals surface area contributed by atoms with Crippen LogP contribution >= 0.6 is 11.3 Å². The van der Waals surface area contributed by atoms with E-state index in [4.69, 9.17) is 5.11 Å². The Balaban J connectivity index is 0.00000461. The molecule has 0 amide bonds. The smallest absolute Gasteiger partial charge is 0.416 e. The number of nitrogens with one attached hydrogen (secondary N) is 1. The minimum absolute atomic E-state index is 0. The molecule has 246 valence electrons. The summed E-state index contributed by atoms with van der Waals surface area (Å²) in [5, 5.41) is 11.9. The van der Waals surface area contributed by atoms with E-state index in [0.29, 0.717) is 24.0 Å². The molecule has 16 heteroatoms. The summed E-state index contributed by atoms with van der Waals surface area (Å²) in [5.41, 5.74) is -1.04. The summed E-state index contributed by atoms with van der Waals surface area (Å²) >= 11 is 1.11. The molecule has 2 atom stereocenters. The summed E-state index contributed by atoms with van der Waals surface area (Å²) in [5.74, 6) is -3.21. The number of hydrogen-bond acceptors (Lipinski definition) is 9. The number of nitrogens with zero attached hydrogens (tertiary/aromatic N) is 6. The van der Waals surface area contributed by atoms with Crippen molar-refractivity contribution >= 4 is 34.1 Å². The lowest BCUT2D eigenvalue weighted by molar-refractivity contribution is -0.138. The summed E-state index contributed by atoms with van der Waals surface area (Å²) in [6.45, 7) is 3.24. The van der Waals surface area contributed by atoms with Crippen molar-refractivity contribution in [2.75, 3.05) is 49.6 Å². The molecule has 2 fully saturated rings. The second-order valence-electron chi connectivity index (χ2n) is 10.9. The Kier molecular flexibility index (Phi) is 10.9. The highest BCUT2D eigenvalue weighted by atomic mass is 32.1. The Bertz CT molecular complexity index is 1490. The van der Waals surface area contributed by atoms with Gasteiger partial charge in [0, 0.05) is 49.2 Å². The SMILES string of the molecule is C.C[C@@H]1CCCN1Cc1sc(Nc2ncnc(N3CCN(CCC(=O)O)[C@H](CF)C3)c2F)nc1-c1cc(F)cc(C(F)(F)F)c1. The molecule has 4 heterocycles. The molecule has 5 rings (SSSR count). The fraction of sp³-hybridized carbons (Fsp3) is 0.517. The Labute approximate surface area is 260 Å². The average Bonchev–Trinajstić information content (AvgIpc) is 3.57. The van der Waals surface area contributed by atoms with Gasteiger partial charge in [0.25, 0.3) is 0 Å². The number of benzene rings is 1. The summed E-state index contributed by atoms with van der Waals surface area (Å²) < 4.78 is 84.4. The van der Waals surface area contributed by atoms with Gasteiger partial charge in [0.1, 0.15) is 18.8 Å². The molecule has 1 aromatic carbocycles. The molecule has 0 radical (unpaired) electrons. The van der Waals surface area contributed by atoms with Gasteiger partial charge in [-0.2, -0.15) is 17.6 Å². The molecule has 0 unspecified atom stereocenters. The van der Waals surface area contributed by atoms with E-state index in [0.717, 1.165) is 49.2 Å². The van der Waals surface area contributed by atoms with E-state index in [1.165, 1.54) is 0 Å². The second kappa shape index (κ2) is 14.3. The molecule has 3 aromatic rings. The molecule has 0 aliphatic carbocycles. The van der Waals surface area contributed by atoms with Crippen LogP contribution in [0, 0.1) is 11.6 Å². The minimum atomic E-state index is -4.76. The van der Waals surface area contributed by atoms with E-state index in [-0.39, 0.29) is 67.5 Å². The van der Waals surface area contributed by atoms with Crippen LogP contribution in [0.4, 0.5) is 43.1 Å². The number of alkyl halides is 4. The minimum Gasteiger partial charge on any atom is -0.481 e. The molecule has 2 N–H and O–H groups in total. The van der Waals surface area contributed by atoms with Gasteiger partial charge in [-0.25, -0.2) is 23.7 Å². The maximum atomic E-state index is 15.8. The van der Waals surface area contributed by atoms with Crippen molar-refractivity contribution < 1.29 is 36.2 Å². The van der Waals surface area contributed by atoms with Crippen molar-refractivity contribution in [3.63, 3.8) is 0 Å². The van der Waals surface area contributed by atoms with E-state index in [2.05, 4.69) is 25.2 Å². The van der Waals surface area contributed by atoms with Crippen molar-refractivity contribution in [3.05, 3.63) is 46.6 Å². The topological polar surface area (TPSA) is 97.7 Å². The van der Waals surface area contributed by atoms with Gasteiger partial charge in [0.15, 0.2) is 16.8 Å². The molecule has 2 aliphatic heterocycles. The lowest BCUT2D eigenvalue weighted by Gasteiger charge is -2.40. The molecular formula is C29H35F6N7O2S. The van der Waals surface area contributed by atoms with Crippen molar-refractivity contribution in [1.29, 1.82) is 0 Å². The zero-order valence-corrected chi connectivity index (χ0v) is 24.6. The summed E-state index contributed by atoms with van der Waals surface area (Å²) in [7, 11) is 0. The van der Waals surface area contributed by atoms with Gasteiger partial charge in [-0.15, -0.1) is 0 Å². The quantitative estimate of drug-likeness (QED) is 0.247. The van der Waals surface area contributed by atoms with Gasteiger partial charge in [-0.3, -0.25) is 14.6 Å². The van der Waals surface area contributed by atoms with Crippen molar-refractivity contribution in [1.82, 2.24) is 24.8 Å². The van der Waals surface area contributed by atoms with Gasteiger partial charge in [-0.05, 0) is 44.5 Å². The molecular weight excluding hydrogens is 624 g/mol. The van der Waals surface area contributed by atoms with Gasteiger partial charge in [-0.1, -0.05) is 18.8 Å². The summed E-state index contributed by atoms with van der Waals surface area (Å²) in [4.78, 5) is 29.5. The Morgan fingerprint density at radius 3 is 2.58 bits per heavy atom. The number of hydrogen-bond donors (Lipinski definition) is 2. The summed E-state index contributed by atoms with van der Waals surface area (Å²) in [6.07, 6.45) is -1.85. The number of aliphatic carboxylic acids is 1. The van der Waals surface area contributed by atoms with Crippen LogP contribution in [-0.4, -0.2) is 87.3 Å². The van der Waals surface area contributed by atoms with Crippen molar-refractivity contribution in [3.8, 4) is 11.3 Å². The predicted octanol–water partition coefficient (Wildman–Crippen LogP) is 6.20. The second-order valence-corrected chi connectivity index (χ2v) is 12.0. The van der Waals surface area contributed by atoms with Crippen molar-refractivity contribution in [2.45, 2.75) is 58.4 Å². The zero-order chi connectivity index (χ0) is 31.6. The van der Waals surface area contributed by atoms with E-state index < -0.39 is 42.1 Å². The van der Waals surface area contributed by atoms with E-state index in [1.807, 2.05) is 6.92 Å². The van der Waals surface area contributed by atoms with Gasteiger partial charge in [0.2, 0.25) is 5.82 Å². The lowest BCUT2D eigenvalue weighted by Crippen LogP contribution is -2.55. The first-order valence-corrected chi connectivity index (χ1v) is 14.9. The third-order valence-corrected chi connectivity index (χ3v) is 8.88. The number of carbonyl (C=O) groups is 1. The van der Waals surface area contributed by atoms with Crippen LogP contribution in [-0.2, 0) is 17.5 Å². The highest BCUT2D eigenvalue weighted by Gasteiger charge is 2.33. The molecule has 2 aromatic heterocycles. The maximum Gasteiger partial charge on any atom is 0.416 e. The number of carboxylic acids is 1. The molecule has 0 saturated carbocycles. The number of aromatic nitrogens is 3. The highest BCUT2D eigenvalue weighted by molar-refractivity contribution is 7.16. The number of piperazine rings is 1. The summed E-state index contributed by atoms with van der Waals surface area (Å²) in [6, 6.07) is 1.85. The fourth-order valence-corrected chi connectivity index (χ4v) is 6.58. The Hall–Kier alpha value is -3.50. The third-order valence-electron chi connectivity index (χ3n) is 7.92. The number of thiazole rings is 1. The standard InChI is InChI=1S/C28H31F6N7O2S.CH4/c1-16-3-2-5-40(16)14-21-24(17-9-18(28(32,33)34)11-19(30)10-17)37-27(44-21)38-25-23(31)26(36-15-35-25)41-8-7-39(6-4-22(42)43)20(12-29)13-41;/h9-11,15-16,20H,2-8,12-14H2,1H3,(H,42,43)(H,35,36,37,38);1H4/t16-,20-;/m1./s1. The fourth-order valence-electron chi connectivity index (χ4n) is 5.57. The average molecular weight is 660 g/mol.